The van der Waals surface area contributed by atoms with Crippen LogP contribution < -0.4 is 0 Å². The quantitative estimate of drug-likeness (QED) is 0.752. The Labute approximate surface area is 150 Å². The Hall–Kier alpha value is -1.77. The third kappa shape index (κ3) is 4.13. The second kappa shape index (κ2) is 6.44. The number of nitrogens with zero attached hydrogens (tertiary/aromatic N) is 3. The zero-order valence-corrected chi connectivity index (χ0v) is 15.2. The number of rotatable bonds is 1. The molecule has 2 fully saturated rings. The predicted molar refractivity (Wildman–Crippen MR) is 86.6 cm³/mol. The molecular formula is C17H24F3N3O3. The first-order valence-corrected chi connectivity index (χ1v) is 8.71. The smallest absolute Gasteiger partial charge is 0.419 e. The van der Waals surface area contributed by atoms with E-state index in [0.717, 1.165) is 12.4 Å². The lowest BCUT2D eigenvalue weighted by molar-refractivity contribution is -0.137. The van der Waals surface area contributed by atoms with Crippen LogP contribution in [0.3, 0.4) is 0 Å². The molecule has 9 heteroatoms. The molecule has 0 aliphatic carbocycles. The minimum Gasteiger partial charge on any atom is -0.444 e. The van der Waals surface area contributed by atoms with Crippen molar-refractivity contribution in [2.45, 2.75) is 63.5 Å². The highest BCUT2D eigenvalue weighted by atomic mass is 19.4. The lowest BCUT2D eigenvalue weighted by atomic mass is 9.87. The van der Waals surface area contributed by atoms with E-state index < -0.39 is 22.9 Å². The molecule has 1 amide bonds. The van der Waals surface area contributed by atoms with Gasteiger partial charge in [0.2, 0.25) is 0 Å². The molecule has 1 unspecified atom stereocenters. The van der Waals surface area contributed by atoms with E-state index >= 15 is 0 Å². The molecule has 3 rings (SSSR count). The van der Waals surface area contributed by atoms with Crippen LogP contribution in [0, 0.1) is 0 Å². The van der Waals surface area contributed by atoms with Gasteiger partial charge in [0.05, 0.1) is 30.0 Å². The van der Waals surface area contributed by atoms with Crippen molar-refractivity contribution in [2.75, 3.05) is 19.7 Å². The Bertz CT molecular complexity index is 658. The molecule has 0 N–H and O–H groups in total. The molecule has 2 aliphatic heterocycles. The van der Waals surface area contributed by atoms with E-state index in [1.807, 2.05) is 20.8 Å². The molecular weight excluding hydrogens is 351 g/mol. The number of carbonyl (C=O) groups excluding carboxylic acids is 1. The maximum absolute atomic E-state index is 12.7. The first-order valence-electron chi connectivity index (χ1n) is 8.71. The molecule has 26 heavy (non-hydrogen) atoms. The van der Waals surface area contributed by atoms with E-state index in [4.69, 9.17) is 9.47 Å². The number of halogens is 3. The van der Waals surface area contributed by atoms with E-state index in [0.29, 0.717) is 39.0 Å². The van der Waals surface area contributed by atoms with Crippen LogP contribution in [-0.2, 0) is 15.7 Å². The fourth-order valence-corrected chi connectivity index (χ4v) is 3.45. The van der Waals surface area contributed by atoms with Crippen molar-refractivity contribution in [1.82, 2.24) is 14.7 Å². The van der Waals surface area contributed by atoms with Crippen LogP contribution >= 0.6 is 0 Å². The fraction of sp³-hybridized carbons (Fsp3) is 0.765. The summed E-state index contributed by atoms with van der Waals surface area (Å²) < 4.78 is 50.9. The molecule has 3 heterocycles. The Morgan fingerprint density at radius 2 is 1.96 bits per heavy atom. The maximum atomic E-state index is 12.7. The van der Waals surface area contributed by atoms with Crippen LogP contribution in [0.2, 0.25) is 0 Å². The van der Waals surface area contributed by atoms with Gasteiger partial charge < -0.3 is 14.4 Å². The van der Waals surface area contributed by atoms with Crippen molar-refractivity contribution < 1.29 is 27.4 Å². The summed E-state index contributed by atoms with van der Waals surface area (Å²) >= 11 is 0. The molecule has 1 atom stereocenters. The monoisotopic (exact) mass is 375 g/mol. The summed E-state index contributed by atoms with van der Waals surface area (Å²) in [5.41, 5.74) is -1.71. The van der Waals surface area contributed by atoms with E-state index in [9.17, 15) is 18.0 Å². The molecule has 146 valence electrons. The number of hydrogen-bond donors (Lipinski definition) is 0. The lowest BCUT2D eigenvalue weighted by Crippen LogP contribution is -2.47. The van der Waals surface area contributed by atoms with Crippen LogP contribution in [0.1, 0.15) is 51.6 Å². The minimum atomic E-state index is -4.39. The van der Waals surface area contributed by atoms with Crippen molar-refractivity contribution in [1.29, 1.82) is 0 Å². The van der Waals surface area contributed by atoms with Gasteiger partial charge >= 0.3 is 12.3 Å². The molecule has 1 aromatic rings. The van der Waals surface area contributed by atoms with Gasteiger partial charge in [0.25, 0.3) is 0 Å². The van der Waals surface area contributed by atoms with E-state index in [2.05, 4.69) is 5.10 Å². The number of ether oxygens (including phenoxy) is 2. The third-order valence-electron chi connectivity index (χ3n) is 4.82. The topological polar surface area (TPSA) is 56.6 Å². The molecule has 1 spiro atoms. The van der Waals surface area contributed by atoms with Crippen LogP contribution in [-0.4, -0.2) is 51.7 Å². The second-order valence-corrected chi connectivity index (χ2v) is 8.03. The van der Waals surface area contributed by atoms with Gasteiger partial charge in [-0.2, -0.15) is 18.3 Å². The van der Waals surface area contributed by atoms with Crippen molar-refractivity contribution in [3.8, 4) is 0 Å². The fourth-order valence-electron chi connectivity index (χ4n) is 3.45. The summed E-state index contributed by atoms with van der Waals surface area (Å²) in [6, 6.07) is -0.223. The number of amides is 1. The van der Waals surface area contributed by atoms with Gasteiger partial charge in [0, 0.05) is 25.7 Å². The van der Waals surface area contributed by atoms with Crippen LogP contribution in [0.15, 0.2) is 12.4 Å². The van der Waals surface area contributed by atoms with Crippen LogP contribution in [0.5, 0.6) is 0 Å². The summed E-state index contributed by atoms with van der Waals surface area (Å²) in [6.07, 6.45) is -1.00. The van der Waals surface area contributed by atoms with Gasteiger partial charge in [-0.3, -0.25) is 4.68 Å². The van der Waals surface area contributed by atoms with Crippen molar-refractivity contribution in [3.63, 3.8) is 0 Å². The van der Waals surface area contributed by atoms with Crippen LogP contribution in [0.25, 0.3) is 0 Å². The van der Waals surface area contributed by atoms with Gasteiger partial charge in [-0.25, -0.2) is 4.79 Å². The number of alkyl halides is 3. The Kier molecular flexibility index (Phi) is 4.71. The highest BCUT2D eigenvalue weighted by Crippen LogP contribution is 2.41. The highest BCUT2D eigenvalue weighted by molar-refractivity contribution is 5.68. The highest BCUT2D eigenvalue weighted by Gasteiger charge is 2.45. The molecule has 0 saturated carbocycles. The van der Waals surface area contributed by atoms with E-state index in [1.54, 1.807) is 4.90 Å². The zero-order chi connectivity index (χ0) is 19.2. The first kappa shape index (κ1) is 19.0. The van der Waals surface area contributed by atoms with Crippen molar-refractivity contribution in [3.05, 3.63) is 18.0 Å². The summed E-state index contributed by atoms with van der Waals surface area (Å²) in [5, 5.41) is 3.86. The summed E-state index contributed by atoms with van der Waals surface area (Å²) in [6.45, 7) is 6.80. The lowest BCUT2D eigenvalue weighted by Gasteiger charge is -2.39. The third-order valence-corrected chi connectivity index (χ3v) is 4.82. The molecule has 2 aliphatic rings. The van der Waals surface area contributed by atoms with E-state index in [-0.39, 0.29) is 12.1 Å². The molecule has 2 saturated heterocycles. The van der Waals surface area contributed by atoms with Gasteiger partial charge in [0.1, 0.15) is 5.60 Å². The first-order chi connectivity index (χ1) is 12.0. The zero-order valence-electron chi connectivity index (χ0n) is 15.2. The molecule has 0 radical (unpaired) electrons. The average molecular weight is 375 g/mol. The Morgan fingerprint density at radius 1 is 1.31 bits per heavy atom. The molecule has 0 bridgehead atoms. The number of aromatic nitrogens is 2. The number of piperidine rings is 1. The molecule has 6 nitrogen and oxygen atoms in total. The molecule has 0 aromatic carbocycles. The van der Waals surface area contributed by atoms with Crippen molar-refractivity contribution >= 4 is 6.09 Å². The van der Waals surface area contributed by atoms with Gasteiger partial charge in [-0.05, 0) is 33.6 Å². The van der Waals surface area contributed by atoms with E-state index in [1.165, 1.54) is 4.68 Å². The minimum absolute atomic E-state index is 0.223. The van der Waals surface area contributed by atoms with Gasteiger partial charge in [-0.15, -0.1) is 0 Å². The normalized spacial score (nSPS) is 23.5. The Morgan fingerprint density at radius 3 is 2.50 bits per heavy atom. The van der Waals surface area contributed by atoms with Gasteiger partial charge in [-0.1, -0.05) is 0 Å². The number of likely N-dealkylation sites (tertiary alicyclic amines) is 1. The van der Waals surface area contributed by atoms with Crippen molar-refractivity contribution in [2.24, 2.45) is 0 Å². The predicted octanol–water partition coefficient (Wildman–Crippen LogP) is 3.63. The summed E-state index contributed by atoms with van der Waals surface area (Å²) in [5.74, 6) is 0. The van der Waals surface area contributed by atoms with Crippen LogP contribution in [0.4, 0.5) is 18.0 Å². The second-order valence-electron chi connectivity index (χ2n) is 8.03. The molecule has 1 aromatic heterocycles. The number of carbonyl (C=O) groups is 1. The maximum Gasteiger partial charge on any atom is 0.419 e. The summed E-state index contributed by atoms with van der Waals surface area (Å²) in [7, 11) is 0. The SMILES string of the molecule is CC(C)(C)OC(=O)N1CCC2(CC1)CC(n1cc(C(F)(F)F)cn1)CO2. The largest absolute Gasteiger partial charge is 0.444 e. The number of hydrogen-bond acceptors (Lipinski definition) is 4. The average Bonchev–Trinajstić information content (AvgIpc) is 3.13. The van der Waals surface area contributed by atoms with Gasteiger partial charge in [0.15, 0.2) is 0 Å². The standard InChI is InChI=1S/C17H24F3N3O3/c1-15(2,3)26-14(24)22-6-4-16(5-7-22)8-13(11-25-16)23-10-12(9-21-23)17(18,19)20/h9-10,13H,4-8,11H2,1-3H3. The Balaban J connectivity index is 1.58. The summed E-state index contributed by atoms with van der Waals surface area (Å²) in [4.78, 5) is 13.8.